The van der Waals surface area contributed by atoms with Crippen molar-refractivity contribution in [2.45, 2.75) is 19.3 Å². The van der Waals surface area contributed by atoms with Crippen molar-refractivity contribution in [3.05, 3.63) is 46.5 Å². The molecule has 1 amide bonds. The average Bonchev–Trinajstić information content (AvgIpc) is 2.70. The van der Waals surface area contributed by atoms with Crippen molar-refractivity contribution in [1.82, 2.24) is 9.97 Å². The zero-order chi connectivity index (χ0) is 18.8. The normalized spacial score (nSPS) is 19.5. The largest absolute Gasteiger partial charge is 0.378 e. The Morgan fingerprint density at radius 1 is 1.33 bits per heavy atom. The number of carbonyl (C=O) groups excluding carboxylic acids is 1. The van der Waals surface area contributed by atoms with Crippen LogP contribution in [0.1, 0.15) is 17.7 Å². The molecule has 1 fully saturated rings. The van der Waals surface area contributed by atoms with Gasteiger partial charge in [0.05, 0.1) is 18.2 Å². The van der Waals surface area contributed by atoms with Crippen molar-refractivity contribution in [2.75, 3.05) is 36.5 Å². The van der Waals surface area contributed by atoms with E-state index in [1.54, 1.807) is 0 Å². The smallest absolute Gasteiger partial charge is 0.227 e. The van der Waals surface area contributed by atoms with E-state index in [1.165, 1.54) is 18.2 Å². The van der Waals surface area contributed by atoms with Gasteiger partial charge in [0.25, 0.3) is 0 Å². The predicted molar refractivity (Wildman–Crippen MR) is 101 cm³/mol. The van der Waals surface area contributed by atoms with E-state index in [-0.39, 0.29) is 16.8 Å². The molecule has 142 valence electrons. The highest BCUT2D eigenvalue weighted by atomic mass is 35.5. The zero-order valence-electron chi connectivity index (χ0n) is 14.8. The molecule has 1 unspecified atom stereocenters. The Labute approximate surface area is 161 Å². The number of ether oxygens (including phenoxy) is 1. The van der Waals surface area contributed by atoms with E-state index in [4.69, 9.17) is 21.3 Å². The van der Waals surface area contributed by atoms with E-state index in [9.17, 15) is 9.18 Å². The molecule has 2 heterocycles. The van der Waals surface area contributed by atoms with Crippen LogP contribution in [-0.4, -0.2) is 42.2 Å². The van der Waals surface area contributed by atoms with Gasteiger partial charge in [-0.15, -0.1) is 0 Å². The molecule has 8 heteroatoms. The number of hydrogen-bond acceptors (Lipinski definition) is 5. The summed E-state index contributed by atoms with van der Waals surface area (Å²) in [5, 5.41) is 2.81. The Kier molecular flexibility index (Phi) is 5.22. The van der Waals surface area contributed by atoms with Crippen molar-refractivity contribution in [2.24, 2.45) is 5.92 Å². The summed E-state index contributed by atoms with van der Waals surface area (Å²) in [7, 11) is 0. The van der Waals surface area contributed by atoms with Gasteiger partial charge in [0.1, 0.15) is 5.82 Å². The lowest BCUT2D eigenvalue weighted by atomic mass is 9.86. The Morgan fingerprint density at radius 3 is 2.93 bits per heavy atom. The molecule has 1 saturated heterocycles. The van der Waals surface area contributed by atoms with E-state index < -0.39 is 5.82 Å². The number of amides is 1. The van der Waals surface area contributed by atoms with Crippen LogP contribution in [-0.2, 0) is 22.4 Å². The van der Waals surface area contributed by atoms with Crippen molar-refractivity contribution >= 4 is 29.1 Å². The molecule has 1 aliphatic carbocycles. The van der Waals surface area contributed by atoms with Crippen LogP contribution in [0.5, 0.6) is 0 Å². The van der Waals surface area contributed by atoms with E-state index in [0.717, 1.165) is 36.7 Å². The first-order valence-electron chi connectivity index (χ1n) is 9.03. The Hall–Kier alpha value is -2.25. The first kappa shape index (κ1) is 18.1. The third kappa shape index (κ3) is 4.04. The molecule has 4 rings (SSSR count). The molecule has 0 saturated carbocycles. The third-order valence-electron chi connectivity index (χ3n) is 4.99. The molecule has 6 nitrogen and oxygen atoms in total. The standard InChI is InChI=1S/C19H20ClFN4O2/c20-15-10-14(2-3-16(15)21)23-18(26)12-1-4-17-13(9-12)11-22-19(24-17)25-5-7-27-8-6-25/h2-3,10-12H,1,4-9H2,(H,23,26). The van der Waals surface area contributed by atoms with Crippen LogP contribution in [0.3, 0.4) is 0 Å². The van der Waals surface area contributed by atoms with Crippen LogP contribution in [0.15, 0.2) is 24.4 Å². The van der Waals surface area contributed by atoms with Gasteiger partial charge in [-0.05, 0) is 43.0 Å². The summed E-state index contributed by atoms with van der Waals surface area (Å²) in [6, 6.07) is 4.17. The number of aryl methyl sites for hydroxylation is 1. The van der Waals surface area contributed by atoms with Crippen molar-refractivity contribution in [3.8, 4) is 0 Å². The molecule has 0 radical (unpaired) electrons. The first-order chi connectivity index (χ1) is 13.1. The van der Waals surface area contributed by atoms with Gasteiger partial charge in [-0.2, -0.15) is 0 Å². The number of hydrogen-bond donors (Lipinski definition) is 1. The van der Waals surface area contributed by atoms with Crippen LogP contribution < -0.4 is 10.2 Å². The van der Waals surface area contributed by atoms with Gasteiger partial charge in [0, 0.05) is 36.6 Å². The number of rotatable bonds is 3. The third-order valence-corrected chi connectivity index (χ3v) is 5.28. The molecule has 1 aromatic heterocycles. The highest BCUT2D eigenvalue weighted by Gasteiger charge is 2.27. The second-order valence-electron chi connectivity index (χ2n) is 6.80. The zero-order valence-corrected chi connectivity index (χ0v) is 15.5. The number of carbonyl (C=O) groups is 1. The summed E-state index contributed by atoms with van der Waals surface area (Å²) in [5.41, 5.74) is 2.52. The number of anilines is 2. The van der Waals surface area contributed by atoms with Gasteiger partial charge in [-0.25, -0.2) is 14.4 Å². The minimum Gasteiger partial charge on any atom is -0.378 e. The average molecular weight is 391 g/mol. The molecule has 1 aromatic carbocycles. The number of morpholine rings is 1. The summed E-state index contributed by atoms with van der Waals surface area (Å²) in [4.78, 5) is 23.9. The Bertz CT molecular complexity index is 858. The topological polar surface area (TPSA) is 67.4 Å². The maximum Gasteiger partial charge on any atom is 0.227 e. The van der Waals surface area contributed by atoms with Gasteiger partial charge in [-0.3, -0.25) is 4.79 Å². The number of benzene rings is 1. The quantitative estimate of drug-likeness (QED) is 0.872. The van der Waals surface area contributed by atoms with Crippen LogP contribution in [0.25, 0.3) is 0 Å². The number of halogens is 2. The molecular formula is C19H20ClFN4O2. The van der Waals surface area contributed by atoms with Crippen molar-refractivity contribution in [3.63, 3.8) is 0 Å². The van der Waals surface area contributed by atoms with Crippen LogP contribution >= 0.6 is 11.6 Å². The molecular weight excluding hydrogens is 371 g/mol. The monoisotopic (exact) mass is 390 g/mol. The summed E-state index contributed by atoms with van der Waals surface area (Å²) in [6.07, 6.45) is 3.88. The fourth-order valence-corrected chi connectivity index (χ4v) is 3.64. The molecule has 27 heavy (non-hydrogen) atoms. The fourth-order valence-electron chi connectivity index (χ4n) is 3.45. The molecule has 1 atom stereocenters. The van der Waals surface area contributed by atoms with Crippen LogP contribution in [0.2, 0.25) is 5.02 Å². The lowest BCUT2D eigenvalue weighted by molar-refractivity contribution is -0.120. The lowest BCUT2D eigenvalue weighted by Crippen LogP contribution is -2.38. The first-order valence-corrected chi connectivity index (χ1v) is 9.41. The summed E-state index contributed by atoms with van der Waals surface area (Å²) < 4.78 is 18.6. The molecule has 2 aromatic rings. The predicted octanol–water partition coefficient (Wildman–Crippen LogP) is 2.85. The maximum atomic E-state index is 13.3. The Morgan fingerprint density at radius 2 is 2.15 bits per heavy atom. The molecule has 1 N–H and O–H groups in total. The second-order valence-corrected chi connectivity index (χ2v) is 7.21. The maximum absolute atomic E-state index is 13.3. The highest BCUT2D eigenvalue weighted by molar-refractivity contribution is 6.31. The summed E-state index contributed by atoms with van der Waals surface area (Å²) in [5.74, 6) is -0.0323. The van der Waals surface area contributed by atoms with E-state index in [0.29, 0.717) is 31.7 Å². The fraction of sp³-hybridized carbons (Fsp3) is 0.421. The Balaban J connectivity index is 1.43. The SMILES string of the molecule is O=C(Nc1ccc(F)c(Cl)c1)C1CCc2nc(N3CCOCC3)ncc2C1. The van der Waals surface area contributed by atoms with E-state index >= 15 is 0 Å². The highest BCUT2D eigenvalue weighted by Crippen LogP contribution is 2.27. The van der Waals surface area contributed by atoms with E-state index in [2.05, 4.69) is 15.2 Å². The molecule has 1 aliphatic heterocycles. The van der Waals surface area contributed by atoms with Crippen LogP contribution in [0.4, 0.5) is 16.0 Å². The number of nitrogens with one attached hydrogen (secondary N) is 1. The van der Waals surface area contributed by atoms with Gasteiger partial charge in [0.15, 0.2) is 0 Å². The van der Waals surface area contributed by atoms with Crippen molar-refractivity contribution < 1.29 is 13.9 Å². The van der Waals surface area contributed by atoms with Gasteiger partial charge < -0.3 is 15.0 Å². The summed E-state index contributed by atoms with van der Waals surface area (Å²) in [6.45, 7) is 2.97. The molecule has 0 bridgehead atoms. The minimum atomic E-state index is -0.505. The second kappa shape index (κ2) is 7.78. The van der Waals surface area contributed by atoms with Gasteiger partial charge in [0.2, 0.25) is 11.9 Å². The number of fused-ring (bicyclic) bond motifs is 1. The lowest BCUT2D eigenvalue weighted by Gasteiger charge is -2.28. The molecule has 2 aliphatic rings. The van der Waals surface area contributed by atoms with E-state index in [1.807, 2.05) is 6.20 Å². The number of nitrogens with zero attached hydrogens (tertiary/aromatic N) is 3. The van der Waals surface area contributed by atoms with Gasteiger partial charge >= 0.3 is 0 Å². The summed E-state index contributed by atoms with van der Waals surface area (Å²) >= 11 is 5.77. The van der Waals surface area contributed by atoms with Crippen LogP contribution in [0, 0.1) is 11.7 Å². The van der Waals surface area contributed by atoms with Crippen molar-refractivity contribution in [1.29, 1.82) is 0 Å². The minimum absolute atomic E-state index is 0.00849. The molecule has 0 spiro atoms. The number of aromatic nitrogens is 2. The van der Waals surface area contributed by atoms with Gasteiger partial charge in [-0.1, -0.05) is 11.6 Å².